The average molecular weight is 456 g/mol. The molecule has 1 aliphatic heterocycles. The number of halogens is 3. The largest absolute Gasteiger partial charge is 0.493 e. The van der Waals surface area contributed by atoms with Crippen molar-refractivity contribution in [2.75, 3.05) is 25.6 Å². The maximum Gasteiger partial charge on any atom is 0.387 e. The Bertz CT molecular complexity index is 823. The maximum absolute atomic E-state index is 13.3. The summed E-state index contributed by atoms with van der Waals surface area (Å²) >= 11 is 3.41. The van der Waals surface area contributed by atoms with E-state index in [-0.39, 0.29) is 17.4 Å². The number of nitrogens with one attached hydrogen (secondary N) is 1. The van der Waals surface area contributed by atoms with Crippen LogP contribution in [-0.2, 0) is 14.9 Å². The first-order chi connectivity index (χ1) is 13.4. The fourth-order valence-electron chi connectivity index (χ4n) is 3.33. The molecule has 0 atom stereocenters. The van der Waals surface area contributed by atoms with Gasteiger partial charge in [-0.3, -0.25) is 4.79 Å². The van der Waals surface area contributed by atoms with Crippen molar-refractivity contribution < 1.29 is 27.8 Å². The number of hydrogen-bond acceptors (Lipinski definition) is 4. The van der Waals surface area contributed by atoms with E-state index in [0.29, 0.717) is 31.7 Å². The molecule has 1 amide bonds. The molecule has 28 heavy (non-hydrogen) atoms. The summed E-state index contributed by atoms with van der Waals surface area (Å²) in [5.74, 6) is -0.196. The zero-order valence-electron chi connectivity index (χ0n) is 15.2. The molecule has 0 unspecified atom stereocenters. The van der Waals surface area contributed by atoms with E-state index in [9.17, 15) is 13.6 Å². The number of benzene rings is 2. The Labute approximate surface area is 170 Å². The Morgan fingerprint density at radius 3 is 2.43 bits per heavy atom. The summed E-state index contributed by atoms with van der Waals surface area (Å²) in [6.45, 7) is -2.07. The summed E-state index contributed by atoms with van der Waals surface area (Å²) in [7, 11) is 1.36. The van der Waals surface area contributed by atoms with Gasteiger partial charge in [0.2, 0.25) is 5.91 Å². The summed E-state index contributed by atoms with van der Waals surface area (Å²) in [5.41, 5.74) is 0.473. The van der Waals surface area contributed by atoms with E-state index in [4.69, 9.17) is 9.47 Å². The molecule has 0 radical (unpaired) electrons. The standard InChI is InChI=1S/C20H20BrF2NO4/c1-26-16-7-6-15(12-17(16)28-19(22)23)24-18(25)20(8-10-27-11-9-20)13-2-4-14(21)5-3-13/h2-7,12,19H,8-11H2,1H3,(H,24,25). The quantitative estimate of drug-likeness (QED) is 0.682. The molecule has 0 saturated carbocycles. The Morgan fingerprint density at radius 2 is 1.82 bits per heavy atom. The van der Waals surface area contributed by atoms with E-state index in [1.807, 2.05) is 24.3 Å². The van der Waals surface area contributed by atoms with Crippen molar-refractivity contribution in [3.63, 3.8) is 0 Å². The molecule has 5 nitrogen and oxygen atoms in total. The lowest BCUT2D eigenvalue weighted by atomic mass is 9.73. The van der Waals surface area contributed by atoms with Crippen LogP contribution in [0.15, 0.2) is 46.9 Å². The summed E-state index contributed by atoms with van der Waals surface area (Å²) in [6.07, 6.45) is 1.05. The lowest BCUT2D eigenvalue weighted by Crippen LogP contribution is -2.44. The molecule has 2 aromatic carbocycles. The number of carbonyl (C=O) groups excluding carboxylic acids is 1. The fraction of sp³-hybridized carbons (Fsp3) is 0.350. The van der Waals surface area contributed by atoms with Gasteiger partial charge in [0.05, 0.1) is 12.5 Å². The van der Waals surface area contributed by atoms with E-state index in [0.717, 1.165) is 10.0 Å². The van der Waals surface area contributed by atoms with Gasteiger partial charge in [-0.1, -0.05) is 28.1 Å². The highest BCUT2D eigenvalue weighted by Gasteiger charge is 2.41. The number of anilines is 1. The average Bonchev–Trinajstić information content (AvgIpc) is 2.69. The molecular formula is C20H20BrF2NO4. The van der Waals surface area contributed by atoms with Crippen LogP contribution < -0.4 is 14.8 Å². The Hall–Kier alpha value is -2.19. The molecule has 2 aromatic rings. The van der Waals surface area contributed by atoms with Crippen molar-refractivity contribution >= 4 is 27.5 Å². The van der Waals surface area contributed by atoms with Gasteiger partial charge in [-0.05, 0) is 42.7 Å². The first-order valence-corrected chi connectivity index (χ1v) is 9.52. The zero-order valence-corrected chi connectivity index (χ0v) is 16.8. The summed E-state index contributed by atoms with van der Waals surface area (Å²) < 4.78 is 41.2. The van der Waals surface area contributed by atoms with Crippen LogP contribution in [0.3, 0.4) is 0 Å². The lowest BCUT2D eigenvalue weighted by molar-refractivity contribution is -0.125. The summed E-state index contributed by atoms with van der Waals surface area (Å²) in [6, 6.07) is 12.0. The van der Waals surface area contributed by atoms with Crippen molar-refractivity contribution in [1.82, 2.24) is 0 Å². The lowest BCUT2D eigenvalue weighted by Gasteiger charge is -2.36. The van der Waals surface area contributed by atoms with Crippen LogP contribution in [-0.4, -0.2) is 32.8 Å². The van der Waals surface area contributed by atoms with Gasteiger partial charge in [0.15, 0.2) is 11.5 Å². The van der Waals surface area contributed by atoms with Crippen LogP contribution >= 0.6 is 15.9 Å². The Morgan fingerprint density at radius 1 is 1.14 bits per heavy atom. The van der Waals surface area contributed by atoms with Gasteiger partial charge in [0.1, 0.15) is 0 Å². The van der Waals surface area contributed by atoms with E-state index in [1.54, 1.807) is 6.07 Å². The van der Waals surface area contributed by atoms with Crippen LogP contribution in [0.5, 0.6) is 11.5 Å². The molecule has 1 fully saturated rings. The normalized spacial score (nSPS) is 15.9. The van der Waals surface area contributed by atoms with E-state index in [1.165, 1.54) is 19.2 Å². The molecule has 3 rings (SSSR count). The van der Waals surface area contributed by atoms with Crippen molar-refractivity contribution in [2.24, 2.45) is 0 Å². The molecule has 0 bridgehead atoms. The van der Waals surface area contributed by atoms with Gasteiger partial charge in [0.25, 0.3) is 0 Å². The van der Waals surface area contributed by atoms with Crippen LogP contribution in [0.2, 0.25) is 0 Å². The Kier molecular flexibility index (Phi) is 6.51. The topological polar surface area (TPSA) is 56.8 Å². The third-order valence-electron chi connectivity index (χ3n) is 4.82. The molecule has 8 heteroatoms. The summed E-state index contributed by atoms with van der Waals surface area (Å²) in [4.78, 5) is 13.3. The first kappa shape index (κ1) is 20.5. The van der Waals surface area contributed by atoms with Gasteiger partial charge in [-0.2, -0.15) is 8.78 Å². The number of methoxy groups -OCH3 is 1. The third kappa shape index (κ3) is 4.44. The smallest absolute Gasteiger partial charge is 0.387 e. The molecule has 1 aliphatic rings. The molecular weight excluding hydrogens is 436 g/mol. The van der Waals surface area contributed by atoms with E-state index < -0.39 is 12.0 Å². The van der Waals surface area contributed by atoms with Crippen molar-refractivity contribution in [2.45, 2.75) is 24.9 Å². The molecule has 0 aliphatic carbocycles. The highest BCUT2D eigenvalue weighted by Crippen LogP contribution is 2.38. The third-order valence-corrected chi connectivity index (χ3v) is 5.34. The van der Waals surface area contributed by atoms with Crippen LogP contribution in [0.25, 0.3) is 0 Å². The minimum Gasteiger partial charge on any atom is -0.493 e. The second-order valence-corrected chi connectivity index (χ2v) is 7.32. The number of carbonyl (C=O) groups is 1. The van der Waals surface area contributed by atoms with Gasteiger partial charge in [-0.15, -0.1) is 0 Å². The highest BCUT2D eigenvalue weighted by molar-refractivity contribution is 9.10. The molecule has 1 saturated heterocycles. The number of hydrogen-bond donors (Lipinski definition) is 1. The van der Waals surface area contributed by atoms with Crippen LogP contribution in [0.1, 0.15) is 18.4 Å². The number of amides is 1. The van der Waals surface area contributed by atoms with Gasteiger partial charge in [-0.25, -0.2) is 0 Å². The van der Waals surface area contributed by atoms with E-state index in [2.05, 4.69) is 26.0 Å². The molecule has 0 aromatic heterocycles. The molecule has 1 N–H and O–H groups in total. The van der Waals surface area contributed by atoms with Crippen molar-refractivity contribution in [1.29, 1.82) is 0 Å². The van der Waals surface area contributed by atoms with Gasteiger partial charge in [0, 0.05) is 29.4 Å². The number of rotatable bonds is 6. The highest BCUT2D eigenvalue weighted by atomic mass is 79.9. The van der Waals surface area contributed by atoms with E-state index >= 15 is 0 Å². The fourth-order valence-corrected chi connectivity index (χ4v) is 3.59. The van der Waals surface area contributed by atoms with Gasteiger partial charge < -0.3 is 19.5 Å². The first-order valence-electron chi connectivity index (χ1n) is 8.73. The predicted molar refractivity (Wildman–Crippen MR) is 104 cm³/mol. The van der Waals surface area contributed by atoms with Crippen LogP contribution in [0.4, 0.5) is 14.5 Å². The van der Waals surface area contributed by atoms with Crippen molar-refractivity contribution in [3.8, 4) is 11.5 Å². The Balaban J connectivity index is 1.89. The summed E-state index contributed by atoms with van der Waals surface area (Å²) in [5, 5.41) is 2.84. The second-order valence-electron chi connectivity index (χ2n) is 6.40. The van der Waals surface area contributed by atoms with Crippen LogP contribution in [0, 0.1) is 0 Å². The van der Waals surface area contributed by atoms with Gasteiger partial charge >= 0.3 is 6.61 Å². The number of ether oxygens (including phenoxy) is 3. The minimum absolute atomic E-state index is 0.139. The monoisotopic (exact) mass is 455 g/mol. The molecule has 150 valence electrons. The predicted octanol–water partition coefficient (Wildman–Crippen LogP) is 4.75. The second kappa shape index (κ2) is 8.87. The maximum atomic E-state index is 13.3. The molecule has 1 heterocycles. The van der Waals surface area contributed by atoms with Crippen molar-refractivity contribution in [3.05, 3.63) is 52.5 Å². The minimum atomic E-state index is -3.00. The SMILES string of the molecule is COc1ccc(NC(=O)C2(c3ccc(Br)cc3)CCOCC2)cc1OC(F)F. The number of alkyl halides is 2. The zero-order chi connectivity index (χ0) is 20.1. The molecule has 0 spiro atoms.